The first kappa shape index (κ1) is 15.2. The summed E-state index contributed by atoms with van der Waals surface area (Å²) in [4.78, 5) is 23.7. The minimum absolute atomic E-state index is 0.165. The highest BCUT2D eigenvalue weighted by atomic mass is 16.4. The van der Waals surface area contributed by atoms with Crippen molar-refractivity contribution in [2.45, 2.75) is 32.9 Å². The van der Waals surface area contributed by atoms with Crippen LogP contribution in [0.5, 0.6) is 0 Å². The van der Waals surface area contributed by atoms with Crippen LogP contribution in [0.25, 0.3) is 0 Å². The summed E-state index contributed by atoms with van der Waals surface area (Å²) in [7, 11) is 1.54. The summed E-state index contributed by atoms with van der Waals surface area (Å²) >= 11 is 0. The summed E-state index contributed by atoms with van der Waals surface area (Å²) in [6.07, 6.45) is 0.565. The van der Waals surface area contributed by atoms with E-state index in [0.29, 0.717) is 18.1 Å². The molecule has 1 aromatic rings. The van der Waals surface area contributed by atoms with Crippen LogP contribution in [0.2, 0.25) is 0 Å². The van der Waals surface area contributed by atoms with Crippen molar-refractivity contribution in [1.82, 2.24) is 10.6 Å². The molecule has 4 N–H and O–H groups in total. The largest absolute Gasteiger partial charge is 0.455 e. The van der Waals surface area contributed by atoms with Gasteiger partial charge in [0, 0.05) is 7.05 Å². The summed E-state index contributed by atoms with van der Waals surface area (Å²) in [6, 6.07) is 2.63. The maximum Gasteiger partial charge on any atom is 0.287 e. The number of carbonyl (C=O) groups excluding carboxylic acids is 2. The molecule has 0 aliphatic heterocycles. The number of furan rings is 1. The minimum atomic E-state index is -0.566. The van der Waals surface area contributed by atoms with Crippen LogP contribution in [0.1, 0.15) is 36.6 Å². The van der Waals surface area contributed by atoms with Crippen LogP contribution in [0.3, 0.4) is 0 Å². The maximum atomic E-state index is 12.0. The Morgan fingerprint density at radius 3 is 2.53 bits per heavy atom. The second-order valence-corrected chi connectivity index (χ2v) is 4.74. The third-order valence-electron chi connectivity index (χ3n) is 2.66. The Morgan fingerprint density at radius 2 is 2.05 bits per heavy atom. The fourth-order valence-corrected chi connectivity index (χ4v) is 1.72. The van der Waals surface area contributed by atoms with Crippen LogP contribution in [-0.2, 0) is 11.3 Å². The molecule has 6 heteroatoms. The van der Waals surface area contributed by atoms with Crippen LogP contribution in [0.4, 0.5) is 0 Å². The highest BCUT2D eigenvalue weighted by molar-refractivity contribution is 5.95. The number of hydrogen-bond acceptors (Lipinski definition) is 4. The van der Waals surface area contributed by atoms with E-state index in [0.717, 1.165) is 0 Å². The molecule has 2 amide bonds. The van der Waals surface area contributed by atoms with Crippen molar-refractivity contribution in [1.29, 1.82) is 0 Å². The molecule has 0 saturated carbocycles. The number of rotatable bonds is 6. The molecule has 1 rings (SSSR count). The van der Waals surface area contributed by atoms with Gasteiger partial charge in [-0.2, -0.15) is 0 Å². The van der Waals surface area contributed by atoms with Crippen molar-refractivity contribution in [3.05, 3.63) is 23.7 Å². The van der Waals surface area contributed by atoms with Gasteiger partial charge in [-0.25, -0.2) is 0 Å². The number of amides is 2. The molecular formula is C13H21N3O3. The average Bonchev–Trinajstić information content (AvgIpc) is 2.85. The van der Waals surface area contributed by atoms with Gasteiger partial charge in [0.05, 0.1) is 6.54 Å². The minimum Gasteiger partial charge on any atom is -0.455 e. The molecule has 1 unspecified atom stereocenters. The van der Waals surface area contributed by atoms with Crippen LogP contribution in [-0.4, -0.2) is 24.9 Å². The lowest BCUT2D eigenvalue weighted by Crippen LogP contribution is -2.46. The van der Waals surface area contributed by atoms with E-state index in [4.69, 9.17) is 10.2 Å². The first-order valence-electron chi connectivity index (χ1n) is 6.29. The predicted octanol–water partition coefficient (Wildman–Crippen LogP) is 0.629. The lowest BCUT2D eigenvalue weighted by atomic mass is 10.0. The van der Waals surface area contributed by atoms with Gasteiger partial charge in [-0.1, -0.05) is 13.8 Å². The van der Waals surface area contributed by atoms with Gasteiger partial charge in [0.25, 0.3) is 5.91 Å². The molecule has 0 fully saturated rings. The van der Waals surface area contributed by atoms with Gasteiger partial charge in [-0.15, -0.1) is 0 Å². The summed E-state index contributed by atoms with van der Waals surface area (Å²) < 4.78 is 5.25. The van der Waals surface area contributed by atoms with E-state index in [2.05, 4.69) is 10.6 Å². The second kappa shape index (κ2) is 6.94. The van der Waals surface area contributed by atoms with Crippen molar-refractivity contribution in [2.75, 3.05) is 7.05 Å². The van der Waals surface area contributed by atoms with E-state index in [-0.39, 0.29) is 18.2 Å². The van der Waals surface area contributed by atoms with Crippen LogP contribution in [0, 0.1) is 5.92 Å². The standard InChI is InChI=1S/C13H21N3O3/c1-8(2)6-10(12(17)15-3)16-13(18)11-5-4-9(7-14)19-11/h4-5,8,10H,6-7,14H2,1-3H3,(H,15,17)(H,16,18). The van der Waals surface area contributed by atoms with Gasteiger partial charge in [-0.05, 0) is 24.5 Å². The lowest BCUT2D eigenvalue weighted by molar-refractivity contribution is -0.122. The third-order valence-corrected chi connectivity index (χ3v) is 2.66. The Morgan fingerprint density at radius 1 is 1.37 bits per heavy atom. The van der Waals surface area contributed by atoms with Gasteiger partial charge < -0.3 is 20.8 Å². The number of nitrogens with two attached hydrogens (primary N) is 1. The molecule has 1 atom stereocenters. The molecule has 19 heavy (non-hydrogen) atoms. The van der Waals surface area contributed by atoms with Gasteiger partial charge in [0.2, 0.25) is 5.91 Å². The molecule has 0 radical (unpaired) electrons. The van der Waals surface area contributed by atoms with E-state index >= 15 is 0 Å². The average molecular weight is 267 g/mol. The molecule has 106 valence electrons. The lowest BCUT2D eigenvalue weighted by Gasteiger charge is -2.18. The van der Waals surface area contributed by atoms with Crippen molar-refractivity contribution < 1.29 is 14.0 Å². The zero-order valence-corrected chi connectivity index (χ0v) is 11.5. The van der Waals surface area contributed by atoms with Crippen LogP contribution < -0.4 is 16.4 Å². The predicted molar refractivity (Wildman–Crippen MR) is 71.4 cm³/mol. The van der Waals surface area contributed by atoms with Crippen LogP contribution >= 0.6 is 0 Å². The fraction of sp³-hybridized carbons (Fsp3) is 0.538. The van der Waals surface area contributed by atoms with Crippen molar-refractivity contribution >= 4 is 11.8 Å². The Bertz CT molecular complexity index is 440. The summed E-state index contributed by atoms with van der Waals surface area (Å²) in [5.41, 5.74) is 5.41. The quantitative estimate of drug-likeness (QED) is 0.704. The summed E-state index contributed by atoms with van der Waals surface area (Å²) in [5, 5.41) is 5.21. The molecule has 6 nitrogen and oxygen atoms in total. The molecule has 0 spiro atoms. The van der Waals surface area contributed by atoms with Crippen molar-refractivity contribution in [2.24, 2.45) is 11.7 Å². The monoisotopic (exact) mass is 267 g/mol. The number of nitrogens with one attached hydrogen (secondary N) is 2. The van der Waals surface area contributed by atoms with E-state index in [1.165, 1.54) is 0 Å². The third kappa shape index (κ3) is 4.40. The molecule has 0 bridgehead atoms. The summed E-state index contributed by atoms with van der Waals surface area (Å²) in [5.74, 6) is 0.365. The second-order valence-electron chi connectivity index (χ2n) is 4.74. The number of likely N-dealkylation sites (N-methyl/N-ethyl adjacent to an activating group) is 1. The van der Waals surface area contributed by atoms with E-state index in [1.807, 2.05) is 13.8 Å². The Labute approximate surface area is 112 Å². The Balaban J connectivity index is 2.72. The molecule has 0 saturated heterocycles. The number of carbonyl (C=O) groups is 2. The molecule has 0 aromatic carbocycles. The Hall–Kier alpha value is -1.82. The van der Waals surface area contributed by atoms with Crippen LogP contribution in [0.15, 0.2) is 16.5 Å². The van der Waals surface area contributed by atoms with E-state index in [9.17, 15) is 9.59 Å². The van der Waals surface area contributed by atoms with E-state index in [1.54, 1.807) is 19.2 Å². The number of hydrogen-bond donors (Lipinski definition) is 3. The molecule has 1 heterocycles. The van der Waals surface area contributed by atoms with Gasteiger partial charge in [0.15, 0.2) is 5.76 Å². The zero-order chi connectivity index (χ0) is 14.4. The molecule has 0 aliphatic carbocycles. The zero-order valence-electron chi connectivity index (χ0n) is 11.5. The Kier molecular flexibility index (Phi) is 5.57. The fourth-order valence-electron chi connectivity index (χ4n) is 1.72. The molecule has 0 aliphatic rings. The van der Waals surface area contributed by atoms with Crippen molar-refractivity contribution in [3.8, 4) is 0 Å². The van der Waals surface area contributed by atoms with Crippen molar-refractivity contribution in [3.63, 3.8) is 0 Å². The maximum absolute atomic E-state index is 12.0. The first-order chi connectivity index (χ1) is 8.97. The highest BCUT2D eigenvalue weighted by Crippen LogP contribution is 2.09. The van der Waals surface area contributed by atoms with Gasteiger partial charge in [0.1, 0.15) is 11.8 Å². The topological polar surface area (TPSA) is 97.4 Å². The molecular weight excluding hydrogens is 246 g/mol. The highest BCUT2D eigenvalue weighted by Gasteiger charge is 2.22. The summed E-state index contributed by atoms with van der Waals surface area (Å²) in [6.45, 7) is 4.21. The van der Waals surface area contributed by atoms with E-state index < -0.39 is 11.9 Å². The molecule has 1 aromatic heterocycles. The smallest absolute Gasteiger partial charge is 0.287 e. The normalized spacial score (nSPS) is 12.3. The van der Waals surface area contributed by atoms with Gasteiger partial charge in [-0.3, -0.25) is 9.59 Å². The first-order valence-corrected chi connectivity index (χ1v) is 6.29. The SMILES string of the molecule is CNC(=O)C(CC(C)C)NC(=O)c1ccc(CN)o1. The van der Waals surface area contributed by atoms with Gasteiger partial charge >= 0.3 is 0 Å².